The molecule has 186 valence electrons. The van der Waals surface area contributed by atoms with Gasteiger partial charge in [-0.2, -0.15) is 5.10 Å². The Balaban J connectivity index is 1.38. The Morgan fingerprint density at radius 3 is 2.71 bits per heavy atom. The van der Waals surface area contributed by atoms with Crippen LogP contribution in [0.5, 0.6) is 0 Å². The van der Waals surface area contributed by atoms with E-state index in [2.05, 4.69) is 22.3 Å². The largest absolute Gasteiger partial charge is 0.465 e. The van der Waals surface area contributed by atoms with Crippen LogP contribution in [-0.2, 0) is 0 Å². The molecule has 0 spiro atoms. The van der Waals surface area contributed by atoms with E-state index in [1.165, 1.54) is 17.7 Å². The smallest absolute Gasteiger partial charge is 0.407 e. The lowest BCUT2D eigenvalue weighted by molar-refractivity contribution is 0.0610. The van der Waals surface area contributed by atoms with Gasteiger partial charge in [-0.3, -0.25) is 4.79 Å². The van der Waals surface area contributed by atoms with Crippen LogP contribution in [0.15, 0.2) is 23.8 Å². The van der Waals surface area contributed by atoms with Gasteiger partial charge in [-0.15, -0.1) is 11.3 Å². The molecule has 2 fully saturated rings. The summed E-state index contributed by atoms with van der Waals surface area (Å²) < 4.78 is 1.78. The van der Waals surface area contributed by atoms with Crippen LogP contribution in [0, 0.1) is 5.92 Å². The monoisotopic (exact) mass is 497 g/mol. The molecule has 1 atom stereocenters. The summed E-state index contributed by atoms with van der Waals surface area (Å²) >= 11 is 1.55. The molecular formula is C24H31N7O3S. The van der Waals surface area contributed by atoms with Crippen molar-refractivity contribution in [3.63, 3.8) is 0 Å². The zero-order valence-corrected chi connectivity index (χ0v) is 20.9. The van der Waals surface area contributed by atoms with Gasteiger partial charge >= 0.3 is 6.09 Å². The predicted octanol–water partition coefficient (Wildman–Crippen LogP) is 4.06. The summed E-state index contributed by atoms with van der Waals surface area (Å²) in [4.78, 5) is 38.8. The maximum atomic E-state index is 13.5. The van der Waals surface area contributed by atoms with Gasteiger partial charge in [0.25, 0.3) is 5.91 Å². The Morgan fingerprint density at radius 1 is 1.26 bits per heavy atom. The SMILES string of the molecule is CCCN(C(=O)O)C1CCN(C(=O)c2cc(N[C@@H](C)C3CC3)nc(-c3cnn4ccsc34)n2)CC1. The Bertz CT molecular complexity index is 1210. The van der Waals surface area contributed by atoms with E-state index in [4.69, 9.17) is 4.98 Å². The van der Waals surface area contributed by atoms with Crippen LogP contribution < -0.4 is 5.32 Å². The molecule has 0 unspecified atom stereocenters. The molecule has 2 aliphatic rings. The van der Waals surface area contributed by atoms with Gasteiger partial charge in [0.15, 0.2) is 5.82 Å². The summed E-state index contributed by atoms with van der Waals surface area (Å²) in [6, 6.07) is 1.95. The van der Waals surface area contributed by atoms with E-state index in [1.807, 2.05) is 18.5 Å². The van der Waals surface area contributed by atoms with E-state index < -0.39 is 6.09 Å². The van der Waals surface area contributed by atoms with Crippen LogP contribution >= 0.6 is 11.3 Å². The fourth-order valence-corrected chi connectivity index (χ4v) is 5.59. The van der Waals surface area contributed by atoms with Crippen LogP contribution in [-0.4, -0.2) is 78.2 Å². The number of carbonyl (C=O) groups excluding carboxylic acids is 1. The molecule has 1 saturated heterocycles. The minimum absolute atomic E-state index is 0.0615. The average Bonchev–Trinajstić information content (AvgIpc) is 3.48. The lowest BCUT2D eigenvalue weighted by Crippen LogP contribution is -2.48. The summed E-state index contributed by atoms with van der Waals surface area (Å²) in [6.45, 7) is 5.64. The molecule has 35 heavy (non-hydrogen) atoms. The Hall–Kier alpha value is -3.21. The van der Waals surface area contributed by atoms with Crippen LogP contribution in [0.1, 0.15) is 56.4 Å². The highest BCUT2D eigenvalue weighted by Crippen LogP contribution is 2.34. The van der Waals surface area contributed by atoms with E-state index in [0.29, 0.717) is 55.7 Å². The van der Waals surface area contributed by atoms with Crippen molar-refractivity contribution in [2.45, 2.75) is 58.0 Å². The number of carbonyl (C=O) groups is 2. The molecule has 2 N–H and O–H groups in total. The molecule has 1 saturated carbocycles. The number of rotatable bonds is 8. The van der Waals surface area contributed by atoms with Crippen LogP contribution in [0.2, 0.25) is 0 Å². The molecule has 2 amide bonds. The zero-order chi connectivity index (χ0) is 24.5. The van der Waals surface area contributed by atoms with Crippen LogP contribution in [0.4, 0.5) is 10.6 Å². The van der Waals surface area contributed by atoms with Crippen molar-refractivity contribution in [1.82, 2.24) is 29.4 Å². The van der Waals surface area contributed by atoms with E-state index in [0.717, 1.165) is 16.8 Å². The minimum atomic E-state index is -0.890. The second kappa shape index (κ2) is 9.80. The second-order valence-electron chi connectivity index (χ2n) is 9.44. The van der Waals surface area contributed by atoms with Crippen LogP contribution in [0.25, 0.3) is 16.2 Å². The Kier molecular flexibility index (Phi) is 6.59. The van der Waals surface area contributed by atoms with Gasteiger partial charge in [-0.25, -0.2) is 19.3 Å². The molecule has 3 aromatic heterocycles. The Morgan fingerprint density at radius 2 is 2.03 bits per heavy atom. The number of fused-ring (bicyclic) bond motifs is 1. The van der Waals surface area contributed by atoms with Crippen molar-refractivity contribution in [1.29, 1.82) is 0 Å². The summed E-state index contributed by atoms with van der Waals surface area (Å²) in [5.41, 5.74) is 1.14. The molecule has 0 radical (unpaired) electrons. The van der Waals surface area contributed by atoms with E-state index >= 15 is 0 Å². The topological polar surface area (TPSA) is 116 Å². The second-order valence-corrected chi connectivity index (χ2v) is 10.3. The van der Waals surface area contributed by atoms with Gasteiger partial charge in [-0.05, 0) is 44.9 Å². The minimum Gasteiger partial charge on any atom is -0.465 e. The van der Waals surface area contributed by atoms with E-state index in [9.17, 15) is 14.7 Å². The quantitative estimate of drug-likeness (QED) is 0.482. The average molecular weight is 498 g/mol. The molecule has 1 aliphatic heterocycles. The molecule has 10 nitrogen and oxygen atoms in total. The molecule has 3 aromatic rings. The number of anilines is 1. The van der Waals surface area contributed by atoms with Crippen molar-refractivity contribution in [3.8, 4) is 11.4 Å². The van der Waals surface area contributed by atoms with Gasteiger partial charge in [0.05, 0.1) is 11.8 Å². The molecule has 0 bridgehead atoms. The number of carboxylic acid groups (broad SMARTS) is 1. The lowest BCUT2D eigenvalue weighted by Gasteiger charge is -2.37. The van der Waals surface area contributed by atoms with E-state index in [1.54, 1.807) is 33.0 Å². The number of thiazole rings is 1. The molecule has 0 aromatic carbocycles. The lowest BCUT2D eigenvalue weighted by atomic mass is 10.0. The first kappa shape index (κ1) is 23.5. The first-order valence-corrected chi connectivity index (χ1v) is 13.2. The highest BCUT2D eigenvalue weighted by atomic mass is 32.1. The number of nitrogens with zero attached hydrogens (tertiary/aromatic N) is 6. The van der Waals surface area contributed by atoms with E-state index in [-0.39, 0.29) is 18.0 Å². The molecule has 4 heterocycles. The maximum absolute atomic E-state index is 13.5. The third-order valence-electron chi connectivity index (χ3n) is 6.92. The third-order valence-corrected chi connectivity index (χ3v) is 7.81. The predicted molar refractivity (Wildman–Crippen MR) is 134 cm³/mol. The van der Waals surface area contributed by atoms with Crippen molar-refractivity contribution in [3.05, 3.63) is 29.5 Å². The van der Waals surface area contributed by atoms with Gasteiger partial charge in [0.1, 0.15) is 16.3 Å². The number of aromatic nitrogens is 4. The highest BCUT2D eigenvalue weighted by molar-refractivity contribution is 7.16. The van der Waals surface area contributed by atoms with Crippen molar-refractivity contribution in [2.24, 2.45) is 5.92 Å². The number of amides is 2. The van der Waals surface area contributed by atoms with Crippen LogP contribution in [0.3, 0.4) is 0 Å². The van der Waals surface area contributed by atoms with Gasteiger partial charge in [-0.1, -0.05) is 6.92 Å². The number of likely N-dealkylation sites (tertiary alicyclic amines) is 1. The van der Waals surface area contributed by atoms with Gasteiger partial charge in [0.2, 0.25) is 0 Å². The number of hydrogen-bond acceptors (Lipinski definition) is 7. The number of nitrogens with one attached hydrogen (secondary N) is 1. The fourth-order valence-electron chi connectivity index (χ4n) is 4.80. The van der Waals surface area contributed by atoms with Crippen molar-refractivity contribution < 1.29 is 14.7 Å². The molecular weight excluding hydrogens is 466 g/mol. The fraction of sp³-hybridized carbons (Fsp3) is 0.542. The molecule has 1 aliphatic carbocycles. The summed E-state index contributed by atoms with van der Waals surface area (Å²) in [6.07, 6.45) is 7.17. The number of piperidine rings is 1. The first-order chi connectivity index (χ1) is 16.9. The zero-order valence-electron chi connectivity index (χ0n) is 20.1. The highest BCUT2D eigenvalue weighted by Gasteiger charge is 2.31. The normalized spacial score (nSPS) is 17.5. The van der Waals surface area contributed by atoms with Gasteiger partial charge < -0.3 is 20.2 Å². The van der Waals surface area contributed by atoms with Crippen molar-refractivity contribution in [2.75, 3.05) is 25.0 Å². The summed E-state index contributed by atoms with van der Waals surface area (Å²) in [7, 11) is 0. The molecule has 11 heteroatoms. The van der Waals surface area contributed by atoms with Gasteiger partial charge in [0, 0.05) is 49.4 Å². The first-order valence-electron chi connectivity index (χ1n) is 12.3. The summed E-state index contributed by atoms with van der Waals surface area (Å²) in [5, 5.41) is 19.4. The Labute approximate surface area is 208 Å². The number of hydrogen-bond donors (Lipinski definition) is 2. The molecule has 5 rings (SSSR count). The summed E-state index contributed by atoms with van der Waals surface area (Å²) in [5.74, 6) is 1.60. The third kappa shape index (κ3) is 4.95. The maximum Gasteiger partial charge on any atom is 0.407 e. The van der Waals surface area contributed by atoms with Crippen molar-refractivity contribution >= 4 is 34.0 Å². The standard InChI is InChI=1S/C24H31N7O3S/c1-3-8-30(24(33)34)17-6-9-29(10-7-17)22(32)19-13-20(26-15(2)16-4-5-16)28-21(27-19)18-14-25-31-11-12-35-23(18)31/h11-17H,3-10H2,1-2H3,(H,33,34)(H,26,27,28)/t15-/m0/s1.